The highest BCUT2D eigenvalue weighted by molar-refractivity contribution is 5.52. The standard InChI is InChI=1S/C14H21FO2/c1-13(2,3)8-7-9(14(4,5)6)11(16)12(17)10(8)15/h7,16-17H,1-6H3. The third-order valence-corrected chi connectivity index (χ3v) is 2.83. The summed E-state index contributed by atoms with van der Waals surface area (Å²) in [5.74, 6) is -1.74. The summed E-state index contributed by atoms with van der Waals surface area (Å²) in [4.78, 5) is 0. The van der Waals surface area contributed by atoms with Gasteiger partial charge in [0.15, 0.2) is 17.3 Å². The highest BCUT2D eigenvalue weighted by Crippen LogP contribution is 2.43. The third kappa shape index (κ3) is 2.54. The van der Waals surface area contributed by atoms with Gasteiger partial charge in [0.2, 0.25) is 0 Å². The quantitative estimate of drug-likeness (QED) is 0.676. The van der Waals surface area contributed by atoms with E-state index in [2.05, 4.69) is 0 Å². The lowest BCUT2D eigenvalue weighted by atomic mass is 9.79. The van der Waals surface area contributed by atoms with Crippen molar-refractivity contribution in [3.8, 4) is 11.5 Å². The highest BCUT2D eigenvalue weighted by atomic mass is 19.1. The minimum atomic E-state index is -0.733. The smallest absolute Gasteiger partial charge is 0.194 e. The van der Waals surface area contributed by atoms with Crippen molar-refractivity contribution in [3.05, 3.63) is 23.0 Å². The van der Waals surface area contributed by atoms with Crippen LogP contribution in [0, 0.1) is 5.82 Å². The van der Waals surface area contributed by atoms with Crippen LogP contribution in [-0.4, -0.2) is 10.2 Å². The molecule has 17 heavy (non-hydrogen) atoms. The molecule has 1 rings (SSSR count). The van der Waals surface area contributed by atoms with Gasteiger partial charge in [-0.3, -0.25) is 0 Å². The van der Waals surface area contributed by atoms with E-state index >= 15 is 0 Å². The number of aromatic hydroxyl groups is 2. The maximum Gasteiger partial charge on any atom is 0.194 e. The maximum absolute atomic E-state index is 13.9. The highest BCUT2D eigenvalue weighted by Gasteiger charge is 2.29. The van der Waals surface area contributed by atoms with Gasteiger partial charge in [-0.1, -0.05) is 41.5 Å². The first kappa shape index (κ1) is 13.8. The molecule has 0 aliphatic heterocycles. The zero-order valence-electron chi connectivity index (χ0n) is 11.3. The summed E-state index contributed by atoms with van der Waals surface area (Å²) in [5.41, 5.74) is 0.198. The molecule has 0 radical (unpaired) electrons. The van der Waals surface area contributed by atoms with Crippen molar-refractivity contribution in [2.45, 2.75) is 52.4 Å². The van der Waals surface area contributed by atoms with E-state index in [4.69, 9.17) is 0 Å². The van der Waals surface area contributed by atoms with Crippen LogP contribution in [0.25, 0.3) is 0 Å². The van der Waals surface area contributed by atoms with Crippen LogP contribution in [0.15, 0.2) is 6.07 Å². The fourth-order valence-corrected chi connectivity index (χ4v) is 1.75. The second-order valence-electron chi connectivity index (χ2n) is 6.48. The summed E-state index contributed by atoms with van der Waals surface area (Å²) >= 11 is 0. The lowest BCUT2D eigenvalue weighted by Crippen LogP contribution is -2.18. The zero-order valence-corrected chi connectivity index (χ0v) is 11.3. The van der Waals surface area contributed by atoms with Gasteiger partial charge < -0.3 is 10.2 Å². The van der Waals surface area contributed by atoms with E-state index in [9.17, 15) is 14.6 Å². The molecule has 0 aromatic heterocycles. The van der Waals surface area contributed by atoms with Crippen LogP contribution in [0.5, 0.6) is 11.5 Å². The van der Waals surface area contributed by atoms with E-state index in [-0.39, 0.29) is 11.2 Å². The van der Waals surface area contributed by atoms with Gasteiger partial charge in [-0.2, -0.15) is 0 Å². The number of phenolic OH excluding ortho intramolecular Hbond substituents is 2. The Labute approximate surface area is 102 Å². The molecule has 0 spiro atoms. The summed E-state index contributed by atoms with van der Waals surface area (Å²) in [6, 6.07) is 1.64. The zero-order chi connectivity index (χ0) is 13.6. The molecule has 1 aromatic rings. The van der Waals surface area contributed by atoms with Crippen LogP contribution < -0.4 is 0 Å². The van der Waals surface area contributed by atoms with Crippen molar-refractivity contribution in [3.63, 3.8) is 0 Å². The molecule has 96 valence electrons. The molecular formula is C14H21FO2. The van der Waals surface area contributed by atoms with Gasteiger partial charge in [0, 0.05) is 5.56 Å². The molecule has 0 unspecified atom stereocenters. The first-order valence-corrected chi connectivity index (χ1v) is 5.71. The summed E-state index contributed by atoms with van der Waals surface area (Å²) in [6.45, 7) is 11.3. The normalized spacial score (nSPS) is 12.9. The molecule has 0 heterocycles. The predicted molar refractivity (Wildman–Crippen MR) is 67.1 cm³/mol. The predicted octanol–water partition coefficient (Wildman–Crippen LogP) is 3.83. The van der Waals surface area contributed by atoms with Crippen LogP contribution >= 0.6 is 0 Å². The van der Waals surface area contributed by atoms with Crippen LogP contribution in [0.2, 0.25) is 0 Å². The molecule has 3 heteroatoms. The van der Waals surface area contributed by atoms with Crippen LogP contribution in [0.4, 0.5) is 4.39 Å². The molecule has 0 atom stereocenters. The lowest BCUT2D eigenvalue weighted by Gasteiger charge is -2.26. The number of hydrogen-bond donors (Lipinski definition) is 2. The van der Waals surface area contributed by atoms with Crippen molar-refractivity contribution in [1.82, 2.24) is 0 Å². The summed E-state index contributed by atoms with van der Waals surface area (Å²) in [7, 11) is 0. The average molecular weight is 240 g/mol. The van der Waals surface area contributed by atoms with Crippen LogP contribution in [0.3, 0.4) is 0 Å². The number of phenols is 2. The second-order valence-corrected chi connectivity index (χ2v) is 6.48. The van der Waals surface area contributed by atoms with Gasteiger partial charge in [-0.05, 0) is 22.5 Å². The van der Waals surface area contributed by atoms with E-state index < -0.39 is 17.0 Å². The van der Waals surface area contributed by atoms with Crippen LogP contribution in [-0.2, 0) is 10.8 Å². The minimum Gasteiger partial charge on any atom is -0.504 e. The van der Waals surface area contributed by atoms with E-state index in [1.54, 1.807) is 6.07 Å². The summed E-state index contributed by atoms with van der Waals surface area (Å²) in [5, 5.41) is 19.5. The number of hydrogen-bond acceptors (Lipinski definition) is 2. The lowest BCUT2D eigenvalue weighted by molar-refractivity contribution is 0.359. The first-order chi connectivity index (χ1) is 7.46. The second kappa shape index (κ2) is 3.90. The Balaban J connectivity index is 3.63. The van der Waals surface area contributed by atoms with E-state index in [0.717, 1.165) is 0 Å². The van der Waals surface area contributed by atoms with Gasteiger partial charge >= 0.3 is 0 Å². The minimum absolute atomic E-state index is 0.352. The Morgan fingerprint density at radius 2 is 1.24 bits per heavy atom. The van der Waals surface area contributed by atoms with Crippen molar-refractivity contribution in [1.29, 1.82) is 0 Å². The summed E-state index contributed by atoms with van der Waals surface area (Å²) in [6.07, 6.45) is 0. The fraction of sp³-hybridized carbons (Fsp3) is 0.571. The molecule has 0 fully saturated rings. The van der Waals surface area contributed by atoms with Gasteiger partial charge in [0.1, 0.15) is 0 Å². The molecular weight excluding hydrogens is 219 g/mol. The Morgan fingerprint density at radius 1 is 0.824 bits per heavy atom. The van der Waals surface area contributed by atoms with E-state index in [0.29, 0.717) is 11.1 Å². The summed E-state index contributed by atoms with van der Waals surface area (Å²) < 4.78 is 13.9. The SMILES string of the molecule is CC(C)(C)c1cc(C(C)(C)C)c(F)c(O)c1O. The Kier molecular flexibility index (Phi) is 3.17. The van der Waals surface area contributed by atoms with Crippen molar-refractivity contribution in [2.24, 2.45) is 0 Å². The molecule has 0 saturated heterocycles. The monoisotopic (exact) mass is 240 g/mol. The Bertz CT molecular complexity index is 399. The van der Waals surface area contributed by atoms with Gasteiger partial charge in [-0.15, -0.1) is 0 Å². The molecule has 0 aliphatic rings. The largest absolute Gasteiger partial charge is 0.504 e. The van der Waals surface area contributed by atoms with Crippen molar-refractivity contribution >= 4 is 0 Å². The fourth-order valence-electron chi connectivity index (χ4n) is 1.75. The Hall–Kier alpha value is -1.25. The Morgan fingerprint density at radius 3 is 1.59 bits per heavy atom. The van der Waals surface area contributed by atoms with Crippen molar-refractivity contribution in [2.75, 3.05) is 0 Å². The number of halogens is 1. The molecule has 2 nitrogen and oxygen atoms in total. The average Bonchev–Trinajstić information content (AvgIpc) is 2.10. The molecule has 0 aliphatic carbocycles. The first-order valence-electron chi connectivity index (χ1n) is 5.71. The molecule has 0 saturated carbocycles. The van der Waals surface area contributed by atoms with Crippen LogP contribution in [0.1, 0.15) is 52.7 Å². The number of benzene rings is 1. The van der Waals surface area contributed by atoms with E-state index in [1.165, 1.54) is 0 Å². The maximum atomic E-state index is 13.9. The van der Waals surface area contributed by atoms with Gasteiger partial charge in [0.25, 0.3) is 0 Å². The molecule has 1 aromatic carbocycles. The van der Waals surface area contributed by atoms with Gasteiger partial charge in [0.05, 0.1) is 0 Å². The van der Waals surface area contributed by atoms with Crippen molar-refractivity contribution < 1.29 is 14.6 Å². The molecule has 0 amide bonds. The third-order valence-electron chi connectivity index (χ3n) is 2.83. The topological polar surface area (TPSA) is 40.5 Å². The number of rotatable bonds is 0. The molecule has 2 N–H and O–H groups in total. The van der Waals surface area contributed by atoms with E-state index in [1.807, 2.05) is 41.5 Å². The van der Waals surface area contributed by atoms with Gasteiger partial charge in [-0.25, -0.2) is 4.39 Å². The molecule has 0 bridgehead atoms.